The van der Waals surface area contributed by atoms with Crippen LogP contribution in [0.15, 0.2) is 72.4 Å². The summed E-state index contributed by atoms with van der Waals surface area (Å²) >= 11 is 0. The Bertz CT molecular complexity index is 932. The number of hydrogen-bond acceptors (Lipinski definition) is 3. The van der Waals surface area contributed by atoms with Gasteiger partial charge in [0.25, 0.3) is 5.70 Å². The molecule has 0 fully saturated rings. The molecule has 23 heavy (non-hydrogen) atoms. The number of nitro groups is 1. The van der Waals surface area contributed by atoms with Gasteiger partial charge in [0.15, 0.2) is 0 Å². The highest BCUT2D eigenvalue weighted by Crippen LogP contribution is 2.40. The predicted molar refractivity (Wildman–Crippen MR) is 88.7 cm³/mol. The summed E-state index contributed by atoms with van der Waals surface area (Å²) in [6, 6.07) is 20.9. The molecule has 0 amide bonds. The van der Waals surface area contributed by atoms with E-state index in [9.17, 15) is 10.1 Å². The summed E-state index contributed by atoms with van der Waals surface area (Å²) in [6.07, 6.45) is 0.943. The first-order chi connectivity index (χ1) is 11.2. The van der Waals surface area contributed by atoms with Crippen molar-refractivity contribution in [3.8, 4) is 5.75 Å². The van der Waals surface area contributed by atoms with Crippen molar-refractivity contribution in [2.75, 3.05) is 0 Å². The van der Waals surface area contributed by atoms with E-state index in [0.29, 0.717) is 5.75 Å². The Balaban J connectivity index is 1.93. The van der Waals surface area contributed by atoms with Crippen LogP contribution in [0.2, 0.25) is 0 Å². The maximum absolute atomic E-state index is 11.5. The van der Waals surface area contributed by atoms with Gasteiger partial charge in [0.1, 0.15) is 5.75 Å². The Morgan fingerprint density at radius 2 is 1.65 bits per heavy atom. The van der Waals surface area contributed by atoms with Gasteiger partial charge >= 0.3 is 0 Å². The molecule has 0 unspecified atom stereocenters. The Morgan fingerprint density at radius 3 is 2.43 bits per heavy atom. The van der Waals surface area contributed by atoms with Gasteiger partial charge in [0.2, 0.25) is 6.10 Å². The summed E-state index contributed by atoms with van der Waals surface area (Å²) in [7, 11) is 0. The van der Waals surface area contributed by atoms with Crippen LogP contribution < -0.4 is 4.74 Å². The Morgan fingerprint density at radius 1 is 0.913 bits per heavy atom. The number of ether oxygens (including phenoxy) is 1. The molecule has 1 heterocycles. The zero-order valence-electron chi connectivity index (χ0n) is 12.2. The van der Waals surface area contributed by atoms with Crippen molar-refractivity contribution in [2.45, 2.75) is 6.10 Å². The molecule has 0 saturated carbocycles. The third-order valence-electron chi connectivity index (χ3n) is 4.05. The fourth-order valence-electron chi connectivity index (χ4n) is 2.95. The molecule has 0 aromatic heterocycles. The van der Waals surface area contributed by atoms with Gasteiger partial charge in [-0.3, -0.25) is 10.1 Å². The van der Waals surface area contributed by atoms with E-state index in [2.05, 4.69) is 0 Å². The molecule has 0 N–H and O–H groups in total. The van der Waals surface area contributed by atoms with Gasteiger partial charge in [-0.15, -0.1) is 0 Å². The Labute approximate surface area is 132 Å². The number of nitrogens with zero attached hydrogens (tertiary/aromatic N) is 1. The molecule has 1 aliphatic heterocycles. The van der Waals surface area contributed by atoms with E-state index >= 15 is 0 Å². The fraction of sp³-hybridized carbons (Fsp3) is 0.0526. The van der Waals surface area contributed by atoms with Gasteiger partial charge in [0, 0.05) is 17.2 Å². The van der Waals surface area contributed by atoms with Crippen LogP contribution in [-0.2, 0) is 0 Å². The average Bonchev–Trinajstić information content (AvgIpc) is 2.61. The molecule has 112 valence electrons. The van der Waals surface area contributed by atoms with E-state index in [-0.39, 0.29) is 10.6 Å². The number of hydrogen-bond donors (Lipinski definition) is 0. The molecule has 4 heteroatoms. The maximum Gasteiger partial charge on any atom is 0.291 e. The highest BCUT2D eigenvalue weighted by atomic mass is 16.6. The van der Waals surface area contributed by atoms with E-state index in [1.165, 1.54) is 0 Å². The van der Waals surface area contributed by atoms with Crippen molar-refractivity contribution in [3.05, 3.63) is 93.7 Å². The number of rotatable bonds is 2. The second kappa shape index (κ2) is 5.25. The lowest BCUT2D eigenvalue weighted by Crippen LogP contribution is -2.19. The van der Waals surface area contributed by atoms with Gasteiger partial charge < -0.3 is 4.74 Å². The smallest absolute Gasteiger partial charge is 0.291 e. The van der Waals surface area contributed by atoms with Crippen LogP contribution in [0, 0.1) is 10.1 Å². The topological polar surface area (TPSA) is 52.4 Å². The van der Waals surface area contributed by atoms with E-state index in [1.54, 1.807) is 6.08 Å². The van der Waals surface area contributed by atoms with Crippen molar-refractivity contribution in [3.63, 3.8) is 0 Å². The van der Waals surface area contributed by atoms with Gasteiger partial charge in [-0.05, 0) is 16.8 Å². The molecular weight excluding hydrogens is 290 g/mol. The van der Waals surface area contributed by atoms with Crippen molar-refractivity contribution in [2.24, 2.45) is 0 Å². The first-order valence-electron chi connectivity index (χ1n) is 7.33. The fourth-order valence-corrected chi connectivity index (χ4v) is 2.95. The van der Waals surface area contributed by atoms with Crippen molar-refractivity contribution in [1.29, 1.82) is 0 Å². The summed E-state index contributed by atoms with van der Waals surface area (Å²) in [5, 5.41) is 13.5. The predicted octanol–water partition coefficient (Wildman–Crippen LogP) is 4.59. The van der Waals surface area contributed by atoms with E-state index in [0.717, 1.165) is 21.9 Å². The number of fused-ring (bicyclic) bond motifs is 3. The minimum absolute atomic E-state index is 0.0556. The summed E-state index contributed by atoms with van der Waals surface area (Å²) in [5.74, 6) is 0.670. The van der Waals surface area contributed by atoms with Gasteiger partial charge in [-0.25, -0.2) is 0 Å². The lowest BCUT2D eigenvalue weighted by Gasteiger charge is -2.23. The van der Waals surface area contributed by atoms with E-state index in [4.69, 9.17) is 4.74 Å². The average molecular weight is 303 g/mol. The first-order valence-corrected chi connectivity index (χ1v) is 7.33. The summed E-state index contributed by atoms with van der Waals surface area (Å²) in [5.41, 5.74) is 1.59. The molecule has 4 rings (SSSR count). The van der Waals surface area contributed by atoms with Crippen molar-refractivity contribution in [1.82, 2.24) is 0 Å². The summed E-state index contributed by atoms with van der Waals surface area (Å²) in [6.45, 7) is 0. The van der Waals surface area contributed by atoms with Gasteiger partial charge in [0.05, 0.1) is 4.92 Å². The quantitative estimate of drug-likeness (QED) is 0.514. The summed E-state index contributed by atoms with van der Waals surface area (Å²) < 4.78 is 5.99. The molecule has 1 aliphatic rings. The van der Waals surface area contributed by atoms with Crippen molar-refractivity contribution < 1.29 is 9.66 Å². The molecule has 3 aromatic carbocycles. The standard InChI is InChI=1S/C19H13NO3/c21-20(22)17-12-16-15-9-5-4-6-13(15)10-11-18(16)23-19(17)14-7-2-1-3-8-14/h1-12,19H/t19-/m0/s1. The number of benzene rings is 3. The molecule has 1 atom stereocenters. The zero-order valence-corrected chi connectivity index (χ0v) is 12.2. The van der Waals surface area contributed by atoms with Crippen LogP contribution in [0.4, 0.5) is 0 Å². The maximum atomic E-state index is 11.5. The largest absolute Gasteiger partial charge is 0.474 e. The molecule has 0 saturated heterocycles. The van der Waals surface area contributed by atoms with Crippen LogP contribution in [0.5, 0.6) is 5.75 Å². The normalized spacial score (nSPS) is 16.3. The third kappa shape index (κ3) is 2.25. The van der Waals surface area contributed by atoms with Crippen molar-refractivity contribution >= 4 is 16.8 Å². The highest BCUT2D eigenvalue weighted by Gasteiger charge is 2.33. The molecule has 0 spiro atoms. The van der Waals surface area contributed by atoms with E-state index < -0.39 is 6.10 Å². The van der Waals surface area contributed by atoms with Gasteiger partial charge in [-0.2, -0.15) is 0 Å². The second-order valence-corrected chi connectivity index (χ2v) is 5.43. The highest BCUT2D eigenvalue weighted by molar-refractivity contribution is 5.93. The molecule has 0 radical (unpaired) electrons. The molecular formula is C19H13NO3. The monoisotopic (exact) mass is 303 g/mol. The molecule has 3 aromatic rings. The van der Waals surface area contributed by atoms with Crippen LogP contribution in [0.1, 0.15) is 17.2 Å². The zero-order chi connectivity index (χ0) is 15.8. The van der Waals surface area contributed by atoms with Gasteiger partial charge in [-0.1, -0.05) is 60.7 Å². The molecule has 0 bridgehead atoms. The Kier molecular flexibility index (Phi) is 3.08. The minimum Gasteiger partial charge on any atom is -0.474 e. The van der Waals surface area contributed by atoms with Crippen LogP contribution in [0.3, 0.4) is 0 Å². The second-order valence-electron chi connectivity index (χ2n) is 5.43. The lowest BCUT2D eigenvalue weighted by atomic mass is 9.97. The Hall–Kier alpha value is -3.14. The summed E-state index contributed by atoms with van der Waals surface area (Å²) in [4.78, 5) is 11.2. The molecule has 0 aliphatic carbocycles. The minimum atomic E-state index is -0.695. The first kappa shape index (κ1) is 13.5. The van der Waals surface area contributed by atoms with Crippen LogP contribution in [0.25, 0.3) is 16.8 Å². The van der Waals surface area contributed by atoms with E-state index in [1.807, 2.05) is 66.7 Å². The lowest BCUT2D eigenvalue weighted by molar-refractivity contribution is -0.434. The third-order valence-corrected chi connectivity index (χ3v) is 4.05. The van der Waals surface area contributed by atoms with Crippen LogP contribution >= 0.6 is 0 Å². The molecule has 4 nitrogen and oxygen atoms in total. The van der Waals surface area contributed by atoms with Crippen LogP contribution in [-0.4, -0.2) is 4.92 Å². The SMILES string of the molecule is O=[N+]([O-])C1=Cc2c(ccc3ccccc23)O[C@H]1c1ccccc1.